The molecule has 0 bridgehead atoms. The lowest BCUT2D eigenvalue weighted by Crippen LogP contribution is -2.14. The highest BCUT2D eigenvalue weighted by molar-refractivity contribution is 5.29. The molecule has 0 spiro atoms. The Morgan fingerprint density at radius 3 is 2.28 bits per heavy atom. The summed E-state index contributed by atoms with van der Waals surface area (Å²) < 4.78 is 5.53. The van der Waals surface area contributed by atoms with Crippen LogP contribution in [0.1, 0.15) is 51.3 Å². The molecule has 1 aliphatic heterocycles. The number of rotatable bonds is 2. The first-order chi connectivity index (χ1) is 8.38. The summed E-state index contributed by atoms with van der Waals surface area (Å²) in [5, 5.41) is 10.4. The molecule has 2 nitrogen and oxygen atoms in total. The number of aliphatic hydroxyl groups excluding tert-OH is 1. The SMILES string of the molecule is CC1CC(C(O)c2ccc(C(C)(C)C)cc2)CO1. The monoisotopic (exact) mass is 248 g/mol. The molecule has 1 aromatic rings. The highest BCUT2D eigenvalue weighted by Gasteiger charge is 2.29. The minimum Gasteiger partial charge on any atom is -0.388 e. The van der Waals surface area contributed by atoms with Crippen molar-refractivity contribution in [3.8, 4) is 0 Å². The van der Waals surface area contributed by atoms with Gasteiger partial charge in [-0.2, -0.15) is 0 Å². The molecule has 1 heterocycles. The van der Waals surface area contributed by atoms with Gasteiger partial charge in [0.25, 0.3) is 0 Å². The van der Waals surface area contributed by atoms with Gasteiger partial charge in [0.1, 0.15) is 0 Å². The molecule has 1 N–H and O–H groups in total. The summed E-state index contributed by atoms with van der Waals surface area (Å²) in [6, 6.07) is 8.35. The molecular formula is C16H24O2. The van der Waals surface area contributed by atoms with Crippen molar-refractivity contribution < 1.29 is 9.84 Å². The summed E-state index contributed by atoms with van der Waals surface area (Å²) in [5.41, 5.74) is 2.47. The van der Waals surface area contributed by atoms with Gasteiger partial charge in [0.05, 0.1) is 18.8 Å². The van der Waals surface area contributed by atoms with Crippen LogP contribution in [-0.2, 0) is 10.2 Å². The van der Waals surface area contributed by atoms with Crippen LogP contribution in [-0.4, -0.2) is 17.8 Å². The Bertz CT molecular complexity index is 389. The second-order valence-electron chi connectivity index (χ2n) is 6.46. The smallest absolute Gasteiger partial charge is 0.0841 e. The second kappa shape index (κ2) is 5.02. The maximum atomic E-state index is 10.4. The van der Waals surface area contributed by atoms with E-state index in [0.29, 0.717) is 6.61 Å². The summed E-state index contributed by atoms with van der Waals surface area (Å²) in [6.07, 6.45) is 0.824. The van der Waals surface area contributed by atoms with E-state index in [2.05, 4.69) is 39.8 Å². The third kappa shape index (κ3) is 2.93. The van der Waals surface area contributed by atoms with E-state index in [4.69, 9.17) is 4.74 Å². The molecule has 1 aliphatic rings. The van der Waals surface area contributed by atoms with Crippen LogP contribution in [0.15, 0.2) is 24.3 Å². The standard InChI is InChI=1S/C16H24O2/c1-11-9-13(10-18-11)15(17)12-5-7-14(8-6-12)16(2,3)4/h5-8,11,13,15,17H,9-10H2,1-4H3. The Hall–Kier alpha value is -0.860. The molecule has 0 amide bonds. The molecule has 3 atom stereocenters. The van der Waals surface area contributed by atoms with Crippen LogP contribution in [0, 0.1) is 5.92 Å². The Labute approximate surface area is 110 Å². The molecule has 0 aliphatic carbocycles. The van der Waals surface area contributed by atoms with E-state index in [-0.39, 0.29) is 17.4 Å². The predicted octanol–water partition coefficient (Wildman–Crippen LogP) is 3.44. The quantitative estimate of drug-likeness (QED) is 0.868. The largest absolute Gasteiger partial charge is 0.388 e. The maximum absolute atomic E-state index is 10.4. The fraction of sp³-hybridized carbons (Fsp3) is 0.625. The minimum absolute atomic E-state index is 0.161. The molecule has 0 saturated carbocycles. The van der Waals surface area contributed by atoms with Gasteiger partial charge < -0.3 is 9.84 Å². The number of hydrogen-bond donors (Lipinski definition) is 1. The van der Waals surface area contributed by atoms with Crippen LogP contribution in [0.4, 0.5) is 0 Å². The van der Waals surface area contributed by atoms with Crippen LogP contribution in [0.3, 0.4) is 0 Å². The van der Waals surface area contributed by atoms with Gasteiger partial charge in [0, 0.05) is 5.92 Å². The predicted molar refractivity (Wildman–Crippen MR) is 73.6 cm³/mol. The van der Waals surface area contributed by atoms with Crippen LogP contribution in [0.2, 0.25) is 0 Å². The van der Waals surface area contributed by atoms with Crippen molar-refractivity contribution in [1.29, 1.82) is 0 Å². The summed E-state index contributed by atoms with van der Waals surface area (Å²) in [7, 11) is 0. The average molecular weight is 248 g/mol. The van der Waals surface area contributed by atoms with Crippen molar-refractivity contribution in [2.45, 2.75) is 51.7 Å². The van der Waals surface area contributed by atoms with E-state index in [1.54, 1.807) is 0 Å². The molecule has 2 heteroatoms. The Morgan fingerprint density at radius 2 is 1.83 bits per heavy atom. The van der Waals surface area contributed by atoms with Crippen molar-refractivity contribution >= 4 is 0 Å². The zero-order valence-electron chi connectivity index (χ0n) is 11.8. The zero-order chi connectivity index (χ0) is 13.3. The van der Waals surface area contributed by atoms with E-state index < -0.39 is 6.10 Å². The Balaban J connectivity index is 2.10. The molecule has 1 aromatic carbocycles. The van der Waals surface area contributed by atoms with Crippen molar-refractivity contribution in [3.63, 3.8) is 0 Å². The Kier molecular flexibility index (Phi) is 3.79. The maximum Gasteiger partial charge on any atom is 0.0841 e. The van der Waals surface area contributed by atoms with Crippen LogP contribution >= 0.6 is 0 Å². The van der Waals surface area contributed by atoms with Gasteiger partial charge in [-0.1, -0.05) is 45.0 Å². The first kappa shape index (κ1) is 13.6. The average Bonchev–Trinajstić information content (AvgIpc) is 2.74. The van der Waals surface area contributed by atoms with Gasteiger partial charge >= 0.3 is 0 Å². The van der Waals surface area contributed by atoms with Crippen LogP contribution in [0.25, 0.3) is 0 Å². The van der Waals surface area contributed by atoms with Gasteiger partial charge in [-0.15, -0.1) is 0 Å². The molecule has 3 unspecified atom stereocenters. The first-order valence-corrected chi connectivity index (χ1v) is 6.78. The topological polar surface area (TPSA) is 29.5 Å². The van der Waals surface area contributed by atoms with Crippen molar-refractivity contribution in [3.05, 3.63) is 35.4 Å². The van der Waals surface area contributed by atoms with Gasteiger partial charge in [-0.05, 0) is 29.9 Å². The van der Waals surface area contributed by atoms with E-state index in [9.17, 15) is 5.11 Å². The summed E-state index contributed by atoms with van der Waals surface area (Å²) in [4.78, 5) is 0. The van der Waals surface area contributed by atoms with Gasteiger partial charge in [-0.25, -0.2) is 0 Å². The lowest BCUT2D eigenvalue weighted by atomic mass is 9.85. The Morgan fingerprint density at radius 1 is 1.22 bits per heavy atom. The fourth-order valence-corrected chi connectivity index (χ4v) is 2.52. The van der Waals surface area contributed by atoms with E-state index in [1.807, 2.05) is 12.1 Å². The van der Waals surface area contributed by atoms with Crippen LogP contribution < -0.4 is 0 Å². The summed E-state index contributed by atoms with van der Waals surface area (Å²) in [5.74, 6) is 0.237. The highest BCUT2D eigenvalue weighted by Crippen LogP contribution is 2.32. The van der Waals surface area contributed by atoms with E-state index >= 15 is 0 Å². The molecule has 1 fully saturated rings. The molecule has 0 aromatic heterocycles. The van der Waals surface area contributed by atoms with Crippen molar-refractivity contribution in [2.24, 2.45) is 5.92 Å². The van der Waals surface area contributed by atoms with Gasteiger partial charge in [-0.3, -0.25) is 0 Å². The van der Waals surface area contributed by atoms with E-state index in [0.717, 1.165) is 12.0 Å². The molecule has 2 rings (SSSR count). The third-order valence-corrected chi connectivity index (χ3v) is 3.79. The summed E-state index contributed by atoms with van der Waals surface area (Å²) >= 11 is 0. The number of ether oxygens (including phenoxy) is 1. The highest BCUT2D eigenvalue weighted by atomic mass is 16.5. The van der Waals surface area contributed by atoms with Gasteiger partial charge in [0.2, 0.25) is 0 Å². The number of aliphatic hydroxyl groups is 1. The number of benzene rings is 1. The lowest BCUT2D eigenvalue weighted by molar-refractivity contribution is 0.0804. The van der Waals surface area contributed by atoms with Gasteiger partial charge in [0.15, 0.2) is 0 Å². The van der Waals surface area contributed by atoms with Crippen LogP contribution in [0.5, 0.6) is 0 Å². The second-order valence-corrected chi connectivity index (χ2v) is 6.46. The zero-order valence-corrected chi connectivity index (χ0v) is 11.8. The minimum atomic E-state index is -0.399. The fourth-order valence-electron chi connectivity index (χ4n) is 2.52. The molecule has 0 radical (unpaired) electrons. The molecule has 18 heavy (non-hydrogen) atoms. The number of hydrogen-bond acceptors (Lipinski definition) is 2. The third-order valence-electron chi connectivity index (χ3n) is 3.79. The van der Waals surface area contributed by atoms with E-state index in [1.165, 1.54) is 5.56 Å². The van der Waals surface area contributed by atoms with Crippen molar-refractivity contribution in [1.82, 2.24) is 0 Å². The lowest BCUT2D eigenvalue weighted by Gasteiger charge is -2.21. The molecule has 100 valence electrons. The normalized spacial score (nSPS) is 26.3. The summed E-state index contributed by atoms with van der Waals surface area (Å²) in [6.45, 7) is 9.33. The first-order valence-electron chi connectivity index (χ1n) is 6.78. The molecular weight excluding hydrogens is 224 g/mol. The molecule has 1 saturated heterocycles. The van der Waals surface area contributed by atoms with Crippen molar-refractivity contribution in [2.75, 3.05) is 6.61 Å².